The van der Waals surface area contributed by atoms with Crippen LogP contribution in [0.4, 0.5) is 5.95 Å². The first-order valence-electron chi connectivity index (χ1n) is 3.14. The fraction of sp³-hybridized carbons (Fsp3) is 0. The van der Waals surface area contributed by atoms with Gasteiger partial charge in [0.2, 0.25) is 0 Å². The highest BCUT2D eigenvalue weighted by Gasteiger charge is 2.01. The summed E-state index contributed by atoms with van der Waals surface area (Å²) < 4.78 is 0. The molecule has 1 heterocycles. The zero-order chi connectivity index (χ0) is 9.68. The number of carbonyl (C=O) groups excluding carboxylic acids is 1. The Labute approximate surface area is 71.6 Å². The lowest BCUT2D eigenvalue weighted by Crippen LogP contribution is -2.09. The lowest BCUT2D eigenvalue weighted by molar-refractivity contribution is -0.131. The number of hydrogen-bond donors (Lipinski definition) is 3. The standard InChI is InChI=1S/C5H5N5O3/c11-3(1-2-4(12)13)6-5-7-9-10-8-5/h1-2H,(H,12,13)(H2,6,7,8,9,10,11)/b2-1-. The molecule has 0 aliphatic carbocycles. The van der Waals surface area contributed by atoms with Crippen molar-refractivity contribution in [1.82, 2.24) is 20.6 Å². The Kier molecular flexibility index (Phi) is 2.69. The number of rotatable bonds is 3. The van der Waals surface area contributed by atoms with E-state index in [0.717, 1.165) is 6.08 Å². The van der Waals surface area contributed by atoms with Crippen LogP contribution in [0.2, 0.25) is 0 Å². The second-order valence-corrected chi connectivity index (χ2v) is 1.90. The summed E-state index contributed by atoms with van der Waals surface area (Å²) in [7, 11) is 0. The molecule has 1 amide bonds. The molecule has 1 aromatic rings. The second kappa shape index (κ2) is 3.95. The van der Waals surface area contributed by atoms with E-state index in [-0.39, 0.29) is 5.95 Å². The van der Waals surface area contributed by atoms with Crippen LogP contribution in [-0.2, 0) is 9.59 Å². The van der Waals surface area contributed by atoms with Crippen molar-refractivity contribution in [2.45, 2.75) is 0 Å². The van der Waals surface area contributed by atoms with E-state index in [4.69, 9.17) is 5.11 Å². The molecule has 0 aromatic carbocycles. The summed E-state index contributed by atoms with van der Waals surface area (Å²) in [6.07, 6.45) is 1.55. The van der Waals surface area contributed by atoms with Crippen LogP contribution < -0.4 is 5.32 Å². The Morgan fingerprint density at radius 1 is 1.46 bits per heavy atom. The quantitative estimate of drug-likeness (QED) is 0.505. The van der Waals surface area contributed by atoms with Crippen LogP contribution in [0.5, 0.6) is 0 Å². The van der Waals surface area contributed by atoms with E-state index in [2.05, 4.69) is 25.9 Å². The number of carbonyl (C=O) groups is 2. The van der Waals surface area contributed by atoms with Gasteiger partial charge in [0.05, 0.1) is 0 Å². The minimum Gasteiger partial charge on any atom is -0.478 e. The maximum atomic E-state index is 10.8. The summed E-state index contributed by atoms with van der Waals surface area (Å²) in [6, 6.07) is 0. The molecular formula is C5H5N5O3. The van der Waals surface area contributed by atoms with Gasteiger partial charge in [-0.25, -0.2) is 4.79 Å². The number of H-pyrrole nitrogens is 1. The van der Waals surface area contributed by atoms with Gasteiger partial charge in [0.1, 0.15) is 0 Å². The Morgan fingerprint density at radius 3 is 2.77 bits per heavy atom. The summed E-state index contributed by atoms with van der Waals surface area (Å²) in [5.41, 5.74) is 0. The number of hydrogen-bond acceptors (Lipinski definition) is 5. The highest BCUT2D eigenvalue weighted by atomic mass is 16.4. The molecule has 68 valence electrons. The predicted molar refractivity (Wildman–Crippen MR) is 39.6 cm³/mol. The summed E-state index contributed by atoms with van der Waals surface area (Å²) in [6.45, 7) is 0. The van der Waals surface area contributed by atoms with E-state index in [1.54, 1.807) is 0 Å². The molecule has 0 radical (unpaired) electrons. The summed E-state index contributed by atoms with van der Waals surface area (Å²) in [5.74, 6) is -1.85. The van der Waals surface area contributed by atoms with Gasteiger partial charge in [0.25, 0.3) is 11.9 Å². The normalized spacial score (nSPS) is 10.2. The smallest absolute Gasteiger partial charge is 0.328 e. The van der Waals surface area contributed by atoms with E-state index < -0.39 is 11.9 Å². The summed E-state index contributed by atoms with van der Waals surface area (Å²) in [4.78, 5) is 20.8. The number of amides is 1. The number of nitrogens with one attached hydrogen (secondary N) is 2. The zero-order valence-corrected chi connectivity index (χ0v) is 6.26. The first-order chi connectivity index (χ1) is 6.18. The third-order valence-corrected chi connectivity index (χ3v) is 0.958. The van der Waals surface area contributed by atoms with Crippen LogP contribution in [0.25, 0.3) is 0 Å². The molecule has 1 rings (SSSR count). The Balaban J connectivity index is 2.47. The molecule has 8 heteroatoms. The van der Waals surface area contributed by atoms with Crippen molar-refractivity contribution in [3.8, 4) is 0 Å². The molecule has 0 saturated heterocycles. The van der Waals surface area contributed by atoms with Gasteiger partial charge in [0.15, 0.2) is 0 Å². The number of carboxylic acid groups (broad SMARTS) is 1. The van der Waals surface area contributed by atoms with Crippen LogP contribution in [0.3, 0.4) is 0 Å². The van der Waals surface area contributed by atoms with Crippen LogP contribution >= 0.6 is 0 Å². The average Bonchev–Trinajstić information content (AvgIpc) is 2.53. The molecule has 1 aromatic heterocycles. The number of tetrazole rings is 1. The van der Waals surface area contributed by atoms with E-state index in [0.29, 0.717) is 6.08 Å². The molecule has 0 aliphatic heterocycles. The molecular weight excluding hydrogens is 178 g/mol. The number of aromatic nitrogens is 4. The van der Waals surface area contributed by atoms with Crippen LogP contribution in [0.1, 0.15) is 0 Å². The van der Waals surface area contributed by atoms with Crippen molar-refractivity contribution in [2.24, 2.45) is 0 Å². The van der Waals surface area contributed by atoms with Gasteiger partial charge in [0, 0.05) is 12.2 Å². The maximum Gasteiger partial charge on any atom is 0.328 e. The molecule has 0 aliphatic rings. The maximum absolute atomic E-state index is 10.8. The molecule has 8 nitrogen and oxygen atoms in total. The fourth-order valence-electron chi connectivity index (χ4n) is 0.514. The second-order valence-electron chi connectivity index (χ2n) is 1.90. The lowest BCUT2D eigenvalue weighted by atomic mass is 10.5. The SMILES string of the molecule is O=C(O)/C=C\C(=O)Nc1nn[nH]n1. The minimum atomic E-state index is -1.21. The largest absolute Gasteiger partial charge is 0.478 e. The molecule has 0 fully saturated rings. The highest BCUT2D eigenvalue weighted by molar-refractivity contribution is 6.01. The van der Waals surface area contributed by atoms with E-state index in [1.165, 1.54) is 0 Å². The van der Waals surface area contributed by atoms with Crippen LogP contribution in [0.15, 0.2) is 12.2 Å². The van der Waals surface area contributed by atoms with E-state index in [1.807, 2.05) is 0 Å². The summed E-state index contributed by atoms with van der Waals surface area (Å²) >= 11 is 0. The van der Waals surface area contributed by atoms with Crippen LogP contribution in [-0.4, -0.2) is 37.6 Å². The van der Waals surface area contributed by atoms with Gasteiger partial charge in [-0.15, -0.1) is 5.10 Å². The number of anilines is 1. The van der Waals surface area contributed by atoms with Gasteiger partial charge in [-0.3, -0.25) is 10.1 Å². The van der Waals surface area contributed by atoms with Gasteiger partial charge < -0.3 is 5.11 Å². The van der Waals surface area contributed by atoms with Crippen molar-refractivity contribution in [2.75, 3.05) is 5.32 Å². The monoisotopic (exact) mass is 183 g/mol. The third kappa shape index (κ3) is 3.10. The van der Waals surface area contributed by atoms with Crippen molar-refractivity contribution < 1.29 is 14.7 Å². The van der Waals surface area contributed by atoms with Gasteiger partial charge >= 0.3 is 5.97 Å². The zero-order valence-electron chi connectivity index (χ0n) is 6.26. The Bertz CT molecular complexity index is 330. The van der Waals surface area contributed by atoms with Crippen LogP contribution in [0, 0.1) is 0 Å². The van der Waals surface area contributed by atoms with Gasteiger partial charge in [-0.05, 0) is 5.21 Å². The number of aliphatic carboxylic acids is 1. The van der Waals surface area contributed by atoms with Gasteiger partial charge in [-0.1, -0.05) is 5.10 Å². The van der Waals surface area contributed by atoms with Gasteiger partial charge in [-0.2, -0.15) is 5.21 Å². The van der Waals surface area contributed by atoms with Crippen molar-refractivity contribution in [3.63, 3.8) is 0 Å². The minimum absolute atomic E-state index is 0.0139. The fourth-order valence-corrected chi connectivity index (χ4v) is 0.514. The van der Waals surface area contributed by atoms with E-state index >= 15 is 0 Å². The van der Waals surface area contributed by atoms with Crippen molar-refractivity contribution in [1.29, 1.82) is 0 Å². The number of carboxylic acids is 1. The van der Waals surface area contributed by atoms with Crippen molar-refractivity contribution >= 4 is 17.8 Å². The third-order valence-electron chi connectivity index (χ3n) is 0.958. The highest BCUT2D eigenvalue weighted by Crippen LogP contribution is 1.89. The molecule has 0 spiro atoms. The Morgan fingerprint density at radius 2 is 2.23 bits per heavy atom. The molecule has 0 saturated carbocycles. The average molecular weight is 183 g/mol. The first kappa shape index (κ1) is 8.84. The molecule has 0 unspecified atom stereocenters. The summed E-state index contributed by atoms with van der Waals surface area (Å²) in [5, 5.41) is 22.5. The predicted octanol–water partition coefficient (Wildman–Crippen LogP) is -1.22. The lowest BCUT2D eigenvalue weighted by Gasteiger charge is -1.90. The molecule has 0 bridgehead atoms. The molecule has 13 heavy (non-hydrogen) atoms. The number of nitrogens with zero attached hydrogens (tertiary/aromatic N) is 3. The Hall–Kier alpha value is -2.25. The topological polar surface area (TPSA) is 121 Å². The first-order valence-corrected chi connectivity index (χ1v) is 3.14. The van der Waals surface area contributed by atoms with E-state index in [9.17, 15) is 9.59 Å². The number of aromatic amines is 1. The molecule has 3 N–H and O–H groups in total. The van der Waals surface area contributed by atoms with Crippen molar-refractivity contribution in [3.05, 3.63) is 12.2 Å². The molecule has 0 atom stereocenters.